The zero-order valence-electron chi connectivity index (χ0n) is 6.61. The molecule has 1 nitrogen and oxygen atoms in total. The van der Waals surface area contributed by atoms with Crippen LogP contribution in [0.25, 0.3) is 0 Å². The average molecular weight is 128 g/mol. The fourth-order valence-corrected chi connectivity index (χ4v) is 1.19. The van der Waals surface area contributed by atoms with Crippen molar-refractivity contribution in [3.63, 3.8) is 0 Å². The van der Waals surface area contributed by atoms with Gasteiger partial charge in [0.15, 0.2) is 0 Å². The third kappa shape index (κ3) is 1.98. The molecule has 1 rings (SSSR count). The Morgan fingerprint density at radius 3 is 2.44 bits per heavy atom. The van der Waals surface area contributed by atoms with E-state index in [4.69, 9.17) is 4.74 Å². The van der Waals surface area contributed by atoms with E-state index in [0.717, 1.165) is 0 Å². The molecule has 0 N–H and O–H groups in total. The van der Waals surface area contributed by atoms with E-state index in [1.165, 1.54) is 19.3 Å². The highest BCUT2D eigenvalue weighted by Gasteiger charge is 2.38. The van der Waals surface area contributed by atoms with E-state index in [1.54, 1.807) is 7.11 Å². The molecule has 0 aromatic heterocycles. The van der Waals surface area contributed by atoms with Gasteiger partial charge in [-0.3, -0.25) is 0 Å². The Labute approximate surface area is 57.4 Å². The fraction of sp³-hybridized carbons (Fsp3) is 1.00. The van der Waals surface area contributed by atoms with Crippen molar-refractivity contribution in [2.75, 3.05) is 7.11 Å². The van der Waals surface area contributed by atoms with Crippen LogP contribution in [-0.2, 0) is 4.74 Å². The van der Waals surface area contributed by atoms with Gasteiger partial charge in [-0.05, 0) is 31.6 Å². The predicted molar refractivity (Wildman–Crippen MR) is 38.4 cm³/mol. The van der Waals surface area contributed by atoms with Crippen LogP contribution in [0, 0.1) is 5.41 Å². The second-order valence-corrected chi connectivity index (χ2v) is 3.56. The third-order valence-corrected chi connectivity index (χ3v) is 2.29. The van der Waals surface area contributed by atoms with Gasteiger partial charge in [0.1, 0.15) is 0 Å². The van der Waals surface area contributed by atoms with E-state index in [-0.39, 0.29) is 0 Å². The van der Waals surface area contributed by atoms with Crippen molar-refractivity contribution in [3.8, 4) is 0 Å². The molecule has 0 saturated heterocycles. The zero-order chi connectivity index (χ0) is 6.91. The predicted octanol–water partition coefficient (Wildman–Crippen LogP) is 2.21. The van der Waals surface area contributed by atoms with Gasteiger partial charge < -0.3 is 4.74 Å². The summed E-state index contributed by atoms with van der Waals surface area (Å²) in [6.07, 6.45) is 4.50. The summed E-state index contributed by atoms with van der Waals surface area (Å²) in [6.45, 7) is 4.48. The lowest BCUT2D eigenvalue weighted by Crippen LogP contribution is -2.10. The van der Waals surface area contributed by atoms with Gasteiger partial charge >= 0.3 is 0 Å². The minimum Gasteiger partial charge on any atom is -0.382 e. The summed E-state index contributed by atoms with van der Waals surface area (Å²) in [5.74, 6) is 0. The number of methoxy groups -OCH3 is 1. The molecule has 1 aliphatic carbocycles. The third-order valence-electron chi connectivity index (χ3n) is 2.29. The maximum atomic E-state index is 5.17. The molecule has 1 aliphatic rings. The van der Waals surface area contributed by atoms with Gasteiger partial charge in [-0.1, -0.05) is 6.92 Å². The van der Waals surface area contributed by atoms with Crippen molar-refractivity contribution < 1.29 is 4.74 Å². The normalized spacial score (nSPS) is 25.7. The molecule has 54 valence electrons. The van der Waals surface area contributed by atoms with Gasteiger partial charge in [0.05, 0.1) is 6.10 Å². The Morgan fingerprint density at radius 1 is 1.56 bits per heavy atom. The molecule has 0 spiro atoms. The topological polar surface area (TPSA) is 9.23 Å². The van der Waals surface area contributed by atoms with Crippen LogP contribution in [0.2, 0.25) is 0 Å². The van der Waals surface area contributed by atoms with Crippen molar-refractivity contribution in [2.24, 2.45) is 5.41 Å². The molecule has 0 radical (unpaired) electrons. The molecule has 0 bridgehead atoms. The molecule has 1 unspecified atom stereocenters. The molecular formula is C8H16O. The van der Waals surface area contributed by atoms with Crippen molar-refractivity contribution in [1.29, 1.82) is 0 Å². The van der Waals surface area contributed by atoms with Gasteiger partial charge in [-0.15, -0.1) is 0 Å². The quantitative estimate of drug-likeness (QED) is 0.566. The van der Waals surface area contributed by atoms with E-state index in [2.05, 4.69) is 13.8 Å². The van der Waals surface area contributed by atoms with Crippen molar-refractivity contribution in [1.82, 2.24) is 0 Å². The summed E-state index contributed by atoms with van der Waals surface area (Å²) in [4.78, 5) is 0. The highest BCUT2D eigenvalue weighted by molar-refractivity contribution is 4.89. The maximum absolute atomic E-state index is 5.17. The van der Waals surface area contributed by atoms with Crippen LogP contribution in [0.1, 0.15) is 33.1 Å². The lowest BCUT2D eigenvalue weighted by atomic mass is 10.0. The minimum absolute atomic E-state index is 0.456. The standard InChI is InChI=1S/C8H16O/c1-7(9-3)6-8(2)4-5-8/h7H,4-6H2,1-3H3. The fourth-order valence-electron chi connectivity index (χ4n) is 1.19. The van der Waals surface area contributed by atoms with Gasteiger partial charge in [0, 0.05) is 7.11 Å². The molecule has 0 aromatic carbocycles. The maximum Gasteiger partial charge on any atom is 0.0548 e. The van der Waals surface area contributed by atoms with E-state index in [0.29, 0.717) is 11.5 Å². The Morgan fingerprint density at radius 2 is 2.11 bits per heavy atom. The van der Waals surface area contributed by atoms with Crippen LogP contribution >= 0.6 is 0 Å². The molecule has 1 atom stereocenters. The SMILES string of the molecule is COC(C)CC1(C)CC1. The molecule has 1 heteroatoms. The Kier molecular flexibility index (Phi) is 1.80. The van der Waals surface area contributed by atoms with Crippen molar-refractivity contribution >= 4 is 0 Å². The Bertz CT molecular complexity index is 94.7. The van der Waals surface area contributed by atoms with Gasteiger partial charge in [-0.25, -0.2) is 0 Å². The first-order valence-corrected chi connectivity index (χ1v) is 3.69. The molecule has 9 heavy (non-hydrogen) atoms. The van der Waals surface area contributed by atoms with E-state index < -0.39 is 0 Å². The monoisotopic (exact) mass is 128 g/mol. The first-order valence-electron chi connectivity index (χ1n) is 3.69. The summed E-state index contributed by atoms with van der Waals surface area (Å²) >= 11 is 0. The highest BCUT2D eigenvalue weighted by atomic mass is 16.5. The number of ether oxygens (including phenoxy) is 1. The summed E-state index contributed by atoms with van der Waals surface area (Å²) in [6, 6.07) is 0. The largest absolute Gasteiger partial charge is 0.382 e. The van der Waals surface area contributed by atoms with Gasteiger partial charge in [-0.2, -0.15) is 0 Å². The second-order valence-electron chi connectivity index (χ2n) is 3.56. The van der Waals surface area contributed by atoms with Crippen LogP contribution in [0.3, 0.4) is 0 Å². The first kappa shape index (κ1) is 7.07. The van der Waals surface area contributed by atoms with Crippen molar-refractivity contribution in [3.05, 3.63) is 0 Å². The molecule has 0 heterocycles. The molecular weight excluding hydrogens is 112 g/mol. The zero-order valence-corrected chi connectivity index (χ0v) is 6.61. The average Bonchev–Trinajstić information content (AvgIpc) is 2.48. The summed E-state index contributed by atoms with van der Waals surface area (Å²) in [7, 11) is 1.79. The molecule has 0 aliphatic heterocycles. The van der Waals surface area contributed by atoms with E-state index in [9.17, 15) is 0 Å². The Hall–Kier alpha value is -0.0400. The summed E-state index contributed by atoms with van der Waals surface area (Å²) < 4.78 is 5.17. The van der Waals surface area contributed by atoms with Crippen LogP contribution < -0.4 is 0 Å². The molecule has 1 fully saturated rings. The Balaban J connectivity index is 2.17. The van der Waals surface area contributed by atoms with Crippen LogP contribution in [0.4, 0.5) is 0 Å². The lowest BCUT2D eigenvalue weighted by Gasteiger charge is -2.13. The molecule has 1 saturated carbocycles. The van der Waals surface area contributed by atoms with E-state index in [1.807, 2.05) is 0 Å². The summed E-state index contributed by atoms with van der Waals surface area (Å²) in [5.41, 5.74) is 0.648. The van der Waals surface area contributed by atoms with Crippen LogP contribution in [0.5, 0.6) is 0 Å². The van der Waals surface area contributed by atoms with Gasteiger partial charge in [0.25, 0.3) is 0 Å². The smallest absolute Gasteiger partial charge is 0.0548 e. The van der Waals surface area contributed by atoms with Crippen LogP contribution in [0.15, 0.2) is 0 Å². The number of hydrogen-bond acceptors (Lipinski definition) is 1. The van der Waals surface area contributed by atoms with E-state index >= 15 is 0 Å². The highest BCUT2D eigenvalue weighted by Crippen LogP contribution is 2.49. The second kappa shape index (κ2) is 2.30. The molecule has 0 aromatic rings. The van der Waals surface area contributed by atoms with Gasteiger partial charge in [0.2, 0.25) is 0 Å². The number of hydrogen-bond donors (Lipinski definition) is 0. The minimum atomic E-state index is 0.456. The van der Waals surface area contributed by atoms with Crippen molar-refractivity contribution in [2.45, 2.75) is 39.2 Å². The number of rotatable bonds is 3. The summed E-state index contributed by atoms with van der Waals surface area (Å²) in [5, 5.41) is 0. The molecule has 0 amide bonds. The lowest BCUT2D eigenvalue weighted by molar-refractivity contribution is 0.0936. The van der Waals surface area contributed by atoms with Crippen LogP contribution in [-0.4, -0.2) is 13.2 Å². The first-order chi connectivity index (χ1) is 4.16.